The average Bonchev–Trinajstić information content (AvgIpc) is 3.18. The van der Waals surface area contributed by atoms with Crippen molar-refractivity contribution in [2.45, 2.75) is 49.3 Å². The number of alkyl halides is 6. The Morgan fingerprint density at radius 2 is 1.63 bits per heavy atom. The molecule has 35 heavy (non-hydrogen) atoms. The van der Waals surface area contributed by atoms with Crippen LogP contribution in [0, 0.1) is 0 Å². The molecule has 2 saturated heterocycles. The van der Waals surface area contributed by atoms with Crippen molar-refractivity contribution in [3.63, 3.8) is 0 Å². The third-order valence-corrected chi connectivity index (χ3v) is 6.63. The SMILES string of the molecule is CC(OCC1(c2ccccc2)CC[C@]2(CN1)COC(=O)N2)c1cc(C(F)(F)F)cc(C(F)(F)F)c1. The Balaban J connectivity index is 1.58. The van der Waals surface area contributed by atoms with Crippen molar-refractivity contribution in [3.8, 4) is 0 Å². The summed E-state index contributed by atoms with van der Waals surface area (Å²) in [7, 11) is 0. The molecule has 2 aliphatic rings. The number of hydrogen-bond acceptors (Lipinski definition) is 4. The smallest absolute Gasteiger partial charge is 0.416 e. The highest BCUT2D eigenvalue weighted by Crippen LogP contribution is 2.40. The van der Waals surface area contributed by atoms with E-state index in [1.165, 1.54) is 6.92 Å². The first-order valence-corrected chi connectivity index (χ1v) is 11.0. The molecule has 2 aromatic carbocycles. The molecule has 0 saturated carbocycles. The fourth-order valence-corrected chi connectivity index (χ4v) is 4.48. The number of nitrogens with one attached hydrogen (secondary N) is 2. The summed E-state index contributed by atoms with van der Waals surface area (Å²) in [5.74, 6) is 0. The van der Waals surface area contributed by atoms with E-state index in [4.69, 9.17) is 9.47 Å². The molecule has 2 aliphatic heterocycles. The van der Waals surface area contributed by atoms with Crippen LogP contribution in [0.3, 0.4) is 0 Å². The van der Waals surface area contributed by atoms with E-state index in [0.29, 0.717) is 31.5 Å². The molecule has 2 heterocycles. The zero-order chi connectivity index (χ0) is 25.5. The maximum absolute atomic E-state index is 13.3. The topological polar surface area (TPSA) is 59.6 Å². The van der Waals surface area contributed by atoms with Crippen LogP contribution < -0.4 is 10.6 Å². The van der Waals surface area contributed by atoms with E-state index in [1.54, 1.807) is 0 Å². The maximum atomic E-state index is 13.3. The number of carbonyl (C=O) groups excluding carboxylic acids is 1. The summed E-state index contributed by atoms with van der Waals surface area (Å²) < 4.78 is 90.6. The Hall–Kier alpha value is -2.79. The summed E-state index contributed by atoms with van der Waals surface area (Å²) in [5.41, 5.74) is -3.48. The Morgan fingerprint density at radius 1 is 1.00 bits per heavy atom. The average molecular weight is 502 g/mol. The highest BCUT2D eigenvalue weighted by molar-refractivity contribution is 5.70. The molecule has 4 rings (SSSR count). The van der Waals surface area contributed by atoms with Gasteiger partial charge in [-0.1, -0.05) is 30.3 Å². The molecule has 0 aromatic heterocycles. The molecule has 2 N–H and O–H groups in total. The number of piperidine rings is 1. The molecule has 1 spiro atoms. The predicted molar refractivity (Wildman–Crippen MR) is 113 cm³/mol. The van der Waals surface area contributed by atoms with Crippen LogP contribution in [0.2, 0.25) is 0 Å². The number of cyclic esters (lactones) is 1. The molecule has 2 fully saturated rings. The molecular weight excluding hydrogens is 478 g/mol. The number of halogens is 6. The predicted octanol–water partition coefficient (Wildman–Crippen LogP) is 5.56. The standard InChI is InChI=1S/C24H24F6N2O3/c1-15(16-9-18(23(25,26)27)11-19(10-16)24(28,29)30)34-14-22(17-5-3-2-4-6-17)8-7-21(12-31-22)13-35-20(33)32-21/h2-6,9-11,15,31H,7-8,12-14H2,1H3,(H,32,33)/t15?,21-,22?/m0/s1. The lowest BCUT2D eigenvalue weighted by atomic mass is 9.77. The van der Waals surface area contributed by atoms with Crippen molar-refractivity contribution in [2.24, 2.45) is 0 Å². The number of rotatable bonds is 5. The van der Waals surface area contributed by atoms with Crippen LogP contribution >= 0.6 is 0 Å². The van der Waals surface area contributed by atoms with Crippen LogP contribution in [0.25, 0.3) is 0 Å². The molecule has 190 valence electrons. The zero-order valence-electron chi connectivity index (χ0n) is 18.7. The molecule has 5 nitrogen and oxygen atoms in total. The van der Waals surface area contributed by atoms with E-state index < -0.39 is 46.8 Å². The summed E-state index contributed by atoms with van der Waals surface area (Å²) in [5, 5.41) is 6.21. The molecule has 2 unspecified atom stereocenters. The lowest BCUT2D eigenvalue weighted by Gasteiger charge is -2.45. The van der Waals surface area contributed by atoms with E-state index in [9.17, 15) is 31.1 Å². The van der Waals surface area contributed by atoms with E-state index in [2.05, 4.69) is 10.6 Å². The Labute approximate surface area is 197 Å². The van der Waals surface area contributed by atoms with Gasteiger partial charge in [-0.15, -0.1) is 0 Å². The monoisotopic (exact) mass is 502 g/mol. The minimum absolute atomic E-state index is 0.0132. The van der Waals surface area contributed by atoms with Gasteiger partial charge in [0.15, 0.2) is 0 Å². The first-order chi connectivity index (χ1) is 16.3. The van der Waals surface area contributed by atoms with Crippen LogP contribution in [-0.2, 0) is 27.4 Å². The normalized spacial score (nSPS) is 25.9. The van der Waals surface area contributed by atoms with Gasteiger partial charge in [0.2, 0.25) is 0 Å². The van der Waals surface area contributed by atoms with Crippen molar-refractivity contribution in [3.05, 3.63) is 70.8 Å². The first kappa shape index (κ1) is 25.3. The third-order valence-electron chi connectivity index (χ3n) is 6.63. The van der Waals surface area contributed by atoms with Gasteiger partial charge in [-0.3, -0.25) is 0 Å². The van der Waals surface area contributed by atoms with Gasteiger partial charge in [0.05, 0.1) is 34.9 Å². The molecule has 3 atom stereocenters. The summed E-state index contributed by atoms with van der Waals surface area (Å²) in [6, 6.07) is 10.7. The summed E-state index contributed by atoms with van der Waals surface area (Å²) in [4.78, 5) is 11.6. The maximum Gasteiger partial charge on any atom is 0.416 e. The highest BCUT2D eigenvalue weighted by atomic mass is 19.4. The van der Waals surface area contributed by atoms with Crippen molar-refractivity contribution < 1.29 is 40.6 Å². The van der Waals surface area contributed by atoms with Gasteiger partial charge in [-0.2, -0.15) is 26.3 Å². The number of carbonyl (C=O) groups is 1. The van der Waals surface area contributed by atoms with Crippen LogP contribution in [0.5, 0.6) is 0 Å². The summed E-state index contributed by atoms with van der Waals surface area (Å²) in [6.07, 6.45) is -10.4. The van der Waals surface area contributed by atoms with Crippen LogP contribution in [-0.4, -0.2) is 31.4 Å². The van der Waals surface area contributed by atoms with Gasteiger partial charge in [-0.25, -0.2) is 4.79 Å². The van der Waals surface area contributed by atoms with Gasteiger partial charge in [0, 0.05) is 6.54 Å². The summed E-state index contributed by atoms with van der Waals surface area (Å²) >= 11 is 0. The van der Waals surface area contributed by atoms with Gasteiger partial charge in [0.1, 0.15) is 6.61 Å². The second-order valence-electron chi connectivity index (χ2n) is 9.08. The van der Waals surface area contributed by atoms with Crippen LogP contribution in [0.15, 0.2) is 48.5 Å². The van der Waals surface area contributed by atoms with E-state index in [1.807, 2.05) is 30.3 Å². The lowest BCUT2D eigenvalue weighted by molar-refractivity contribution is -0.143. The van der Waals surface area contributed by atoms with Crippen molar-refractivity contribution in [1.29, 1.82) is 0 Å². The molecule has 2 aromatic rings. The van der Waals surface area contributed by atoms with Gasteiger partial charge in [-0.05, 0) is 49.1 Å². The Bertz CT molecular complexity index is 1030. The molecular formula is C24H24F6N2O3. The molecule has 0 aliphatic carbocycles. The number of alkyl carbamates (subject to hydrolysis) is 1. The van der Waals surface area contributed by atoms with E-state index in [-0.39, 0.29) is 24.8 Å². The number of amides is 1. The zero-order valence-corrected chi connectivity index (χ0v) is 18.7. The minimum Gasteiger partial charge on any atom is -0.447 e. The first-order valence-electron chi connectivity index (χ1n) is 11.0. The number of hydrogen-bond donors (Lipinski definition) is 2. The summed E-state index contributed by atoms with van der Waals surface area (Å²) in [6.45, 7) is 1.96. The van der Waals surface area contributed by atoms with Gasteiger partial charge >= 0.3 is 18.4 Å². The molecule has 11 heteroatoms. The van der Waals surface area contributed by atoms with E-state index >= 15 is 0 Å². The fraction of sp³-hybridized carbons (Fsp3) is 0.458. The number of ether oxygens (including phenoxy) is 2. The van der Waals surface area contributed by atoms with Crippen molar-refractivity contribution >= 4 is 6.09 Å². The second kappa shape index (κ2) is 9.02. The van der Waals surface area contributed by atoms with Crippen LogP contribution in [0.4, 0.5) is 31.1 Å². The second-order valence-corrected chi connectivity index (χ2v) is 9.08. The third kappa shape index (κ3) is 5.40. The highest BCUT2D eigenvalue weighted by Gasteiger charge is 2.48. The van der Waals surface area contributed by atoms with Crippen molar-refractivity contribution in [2.75, 3.05) is 19.8 Å². The van der Waals surface area contributed by atoms with Gasteiger partial charge in [0.25, 0.3) is 0 Å². The number of benzene rings is 2. The molecule has 0 radical (unpaired) electrons. The van der Waals surface area contributed by atoms with E-state index in [0.717, 1.165) is 5.56 Å². The minimum atomic E-state index is -4.94. The lowest BCUT2D eigenvalue weighted by Crippen LogP contribution is -2.62. The fourth-order valence-electron chi connectivity index (χ4n) is 4.48. The molecule has 0 bridgehead atoms. The Morgan fingerprint density at radius 3 is 2.11 bits per heavy atom. The molecule has 1 amide bonds. The van der Waals surface area contributed by atoms with Crippen LogP contribution in [0.1, 0.15) is 48.1 Å². The largest absolute Gasteiger partial charge is 0.447 e. The van der Waals surface area contributed by atoms with Crippen molar-refractivity contribution in [1.82, 2.24) is 10.6 Å². The van der Waals surface area contributed by atoms with Gasteiger partial charge < -0.3 is 20.1 Å². The Kier molecular flexibility index (Phi) is 6.52. The quantitative estimate of drug-likeness (QED) is 0.526.